The molecule has 2 heterocycles. The van der Waals surface area contributed by atoms with E-state index in [4.69, 9.17) is 4.74 Å². The zero-order chi connectivity index (χ0) is 11.4. The summed E-state index contributed by atoms with van der Waals surface area (Å²) in [6, 6.07) is 0. The Morgan fingerprint density at radius 3 is 3.06 bits per heavy atom. The molecule has 0 amide bonds. The maximum atomic E-state index is 5.20. The largest absolute Gasteiger partial charge is 0.374 e. The maximum absolute atomic E-state index is 5.20. The van der Waals surface area contributed by atoms with Crippen molar-refractivity contribution >= 4 is 5.95 Å². The zero-order valence-electron chi connectivity index (χ0n) is 9.86. The Labute approximate surface area is 95.4 Å². The van der Waals surface area contributed by atoms with E-state index in [9.17, 15) is 0 Å². The van der Waals surface area contributed by atoms with E-state index in [1.807, 2.05) is 6.92 Å². The average Bonchev–Trinajstić information content (AvgIpc) is 2.64. The third kappa shape index (κ3) is 2.51. The molecule has 1 saturated heterocycles. The molecule has 2 N–H and O–H groups in total. The van der Waals surface area contributed by atoms with Crippen LogP contribution in [0.1, 0.15) is 25.3 Å². The third-order valence-electron chi connectivity index (χ3n) is 2.85. The van der Waals surface area contributed by atoms with Gasteiger partial charge < -0.3 is 15.0 Å². The molecule has 1 aliphatic rings. The van der Waals surface area contributed by atoms with Crippen molar-refractivity contribution in [2.75, 3.05) is 38.2 Å². The number of nitrogens with zero attached hydrogens (tertiary/aromatic N) is 3. The van der Waals surface area contributed by atoms with Gasteiger partial charge in [-0.05, 0) is 19.9 Å². The highest BCUT2D eigenvalue weighted by atomic mass is 16.5. The molecule has 1 fully saturated rings. The Morgan fingerprint density at radius 1 is 1.38 bits per heavy atom. The number of rotatable bonds is 3. The van der Waals surface area contributed by atoms with Crippen LogP contribution in [0.4, 0.5) is 5.95 Å². The maximum Gasteiger partial charge on any atom is 0.244 e. The number of ether oxygens (including phenoxy) is 1. The van der Waals surface area contributed by atoms with Crippen LogP contribution in [0.2, 0.25) is 0 Å². The number of nitrogens with one attached hydrogen (secondary N) is 2. The predicted octanol–water partition coefficient (Wildman–Crippen LogP) is 0.312. The first-order chi connectivity index (χ1) is 7.81. The van der Waals surface area contributed by atoms with E-state index in [1.54, 1.807) is 7.11 Å². The minimum absolute atomic E-state index is 0.0358. The van der Waals surface area contributed by atoms with E-state index >= 15 is 0 Å². The molecular weight excluding hydrogens is 206 g/mol. The van der Waals surface area contributed by atoms with Crippen molar-refractivity contribution in [3.05, 3.63) is 5.82 Å². The number of aromatic nitrogens is 3. The summed E-state index contributed by atoms with van der Waals surface area (Å²) in [5, 5.41) is 10.5. The van der Waals surface area contributed by atoms with Crippen molar-refractivity contribution in [1.82, 2.24) is 20.5 Å². The predicted molar refractivity (Wildman–Crippen MR) is 61.5 cm³/mol. The van der Waals surface area contributed by atoms with E-state index in [1.165, 1.54) is 0 Å². The molecule has 1 aliphatic heterocycles. The summed E-state index contributed by atoms with van der Waals surface area (Å²) in [6.45, 7) is 5.98. The van der Waals surface area contributed by atoms with Crippen molar-refractivity contribution in [3.63, 3.8) is 0 Å². The number of methoxy groups -OCH3 is 1. The lowest BCUT2D eigenvalue weighted by Gasteiger charge is -2.17. The summed E-state index contributed by atoms with van der Waals surface area (Å²) < 4.78 is 5.20. The van der Waals surface area contributed by atoms with Crippen molar-refractivity contribution in [2.45, 2.75) is 19.4 Å². The minimum atomic E-state index is -0.0358. The quantitative estimate of drug-likeness (QED) is 0.775. The second kappa shape index (κ2) is 5.27. The van der Waals surface area contributed by atoms with Crippen LogP contribution in [-0.2, 0) is 4.74 Å². The number of H-pyrrole nitrogens is 1. The number of anilines is 1. The van der Waals surface area contributed by atoms with Gasteiger partial charge in [0.15, 0.2) is 5.82 Å². The zero-order valence-corrected chi connectivity index (χ0v) is 9.86. The van der Waals surface area contributed by atoms with E-state index in [2.05, 4.69) is 25.4 Å². The molecular formula is C10H19N5O. The molecule has 2 rings (SSSR count). The fourth-order valence-electron chi connectivity index (χ4n) is 1.75. The molecule has 1 aromatic heterocycles. The normalized spacial score (nSPS) is 19.5. The lowest BCUT2D eigenvalue weighted by Crippen LogP contribution is -2.28. The van der Waals surface area contributed by atoms with Crippen molar-refractivity contribution in [2.24, 2.45) is 0 Å². The van der Waals surface area contributed by atoms with Crippen LogP contribution >= 0.6 is 0 Å². The SMILES string of the molecule is COC(C)c1nc(N2CCCNCC2)n[nH]1. The molecule has 0 aliphatic carbocycles. The molecule has 0 radical (unpaired) electrons. The highest BCUT2D eigenvalue weighted by Gasteiger charge is 2.16. The molecule has 1 atom stereocenters. The van der Waals surface area contributed by atoms with Gasteiger partial charge in [0.25, 0.3) is 0 Å². The Hall–Kier alpha value is -1.14. The van der Waals surface area contributed by atoms with E-state index in [0.29, 0.717) is 0 Å². The summed E-state index contributed by atoms with van der Waals surface area (Å²) in [5.41, 5.74) is 0. The molecule has 1 unspecified atom stereocenters. The molecule has 6 heteroatoms. The smallest absolute Gasteiger partial charge is 0.244 e. The summed E-state index contributed by atoms with van der Waals surface area (Å²) >= 11 is 0. The minimum Gasteiger partial charge on any atom is -0.374 e. The Bertz CT molecular complexity index is 319. The fourth-order valence-corrected chi connectivity index (χ4v) is 1.75. The van der Waals surface area contributed by atoms with Gasteiger partial charge >= 0.3 is 0 Å². The van der Waals surface area contributed by atoms with Gasteiger partial charge in [0.2, 0.25) is 5.95 Å². The molecule has 0 spiro atoms. The highest BCUT2D eigenvalue weighted by molar-refractivity contribution is 5.29. The van der Waals surface area contributed by atoms with Crippen molar-refractivity contribution < 1.29 is 4.74 Å². The van der Waals surface area contributed by atoms with Gasteiger partial charge in [-0.3, -0.25) is 5.10 Å². The topological polar surface area (TPSA) is 66.1 Å². The molecule has 1 aromatic rings. The van der Waals surface area contributed by atoms with Gasteiger partial charge in [-0.2, -0.15) is 4.98 Å². The monoisotopic (exact) mass is 225 g/mol. The standard InChI is InChI=1S/C10H19N5O/c1-8(16-2)9-12-10(14-13-9)15-6-3-4-11-5-7-15/h8,11H,3-7H2,1-2H3,(H,12,13,14). The van der Waals surface area contributed by atoms with Crippen LogP contribution in [0.3, 0.4) is 0 Å². The molecule has 6 nitrogen and oxygen atoms in total. The van der Waals surface area contributed by atoms with Gasteiger partial charge in [0, 0.05) is 26.7 Å². The van der Waals surface area contributed by atoms with Crippen LogP contribution in [0.15, 0.2) is 0 Å². The molecule has 0 saturated carbocycles. The van der Waals surface area contributed by atoms with Gasteiger partial charge in [-0.25, -0.2) is 0 Å². The Morgan fingerprint density at radius 2 is 2.25 bits per heavy atom. The third-order valence-corrected chi connectivity index (χ3v) is 2.85. The molecule has 90 valence electrons. The van der Waals surface area contributed by atoms with Crippen molar-refractivity contribution in [3.8, 4) is 0 Å². The first-order valence-corrected chi connectivity index (χ1v) is 5.72. The highest BCUT2D eigenvalue weighted by Crippen LogP contribution is 2.14. The van der Waals surface area contributed by atoms with E-state index in [0.717, 1.165) is 44.4 Å². The van der Waals surface area contributed by atoms with E-state index in [-0.39, 0.29) is 6.10 Å². The van der Waals surface area contributed by atoms with Gasteiger partial charge in [-0.1, -0.05) is 0 Å². The summed E-state index contributed by atoms with van der Waals surface area (Å²) in [7, 11) is 1.67. The fraction of sp³-hybridized carbons (Fsp3) is 0.800. The lowest BCUT2D eigenvalue weighted by molar-refractivity contribution is 0.112. The van der Waals surface area contributed by atoms with Crippen LogP contribution < -0.4 is 10.2 Å². The Balaban J connectivity index is 2.05. The lowest BCUT2D eigenvalue weighted by atomic mass is 10.4. The van der Waals surface area contributed by atoms with E-state index < -0.39 is 0 Å². The first-order valence-electron chi connectivity index (χ1n) is 5.72. The van der Waals surface area contributed by atoms with Gasteiger partial charge in [0.1, 0.15) is 6.10 Å². The van der Waals surface area contributed by atoms with Crippen LogP contribution in [0, 0.1) is 0 Å². The molecule has 16 heavy (non-hydrogen) atoms. The number of hydrogen-bond acceptors (Lipinski definition) is 5. The number of hydrogen-bond donors (Lipinski definition) is 2. The molecule has 0 bridgehead atoms. The molecule has 0 aromatic carbocycles. The first kappa shape index (κ1) is 11.3. The summed E-state index contributed by atoms with van der Waals surface area (Å²) in [6.07, 6.45) is 1.09. The second-order valence-electron chi connectivity index (χ2n) is 3.99. The van der Waals surface area contributed by atoms with Crippen LogP contribution in [0.25, 0.3) is 0 Å². The average molecular weight is 225 g/mol. The van der Waals surface area contributed by atoms with Crippen molar-refractivity contribution in [1.29, 1.82) is 0 Å². The number of aromatic amines is 1. The van der Waals surface area contributed by atoms with Crippen LogP contribution in [0.5, 0.6) is 0 Å². The van der Waals surface area contributed by atoms with Gasteiger partial charge in [0.05, 0.1) is 0 Å². The summed E-state index contributed by atoms with van der Waals surface area (Å²) in [5.74, 6) is 1.57. The van der Waals surface area contributed by atoms with Gasteiger partial charge in [-0.15, -0.1) is 5.10 Å². The second-order valence-corrected chi connectivity index (χ2v) is 3.99. The summed E-state index contributed by atoms with van der Waals surface area (Å²) in [4.78, 5) is 6.65. The van der Waals surface area contributed by atoms with Crippen LogP contribution in [-0.4, -0.2) is 48.5 Å². The Kier molecular flexibility index (Phi) is 3.74.